The lowest BCUT2D eigenvalue weighted by atomic mass is 10.1. The average molecular weight is 228 g/mol. The largest absolute Gasteiger partial charge is 0.393 e. The van der Waals surface area contributed by atoms with Gasteiger partial charge in [0.25, 0.3) is 0 Å². The third-order valence-electron chi connectivity index (χ3n) is 2.54. The maximum absolute atomic E-state index is 5.52. The molecule has 1 aliphatic heterocycles. The maximum Gasteiger partial charge on any atom is 0.144 e. The van der Waals surface area contributed by atoms with E-state index < -0.39 is 0 Å². The van der Waals surface area contributed by atoms with Gasteiger partial charge >= 0.3 is 0 Å². The number of rotatable bonds is 7. The van der Waals surface area contributed by atoms with Gasteiger partial charge in [-0.2, -0.15) is 0 Å². The maximum atomic E-state index is 5.52. The van der Waals surface area contributed by atoms with E-state index >= 15 is 0 Å². The molecule has 16 heavy (non-hydrogen) atoms. The van der Waals surface area contributed by atoms with Gasteiger partial charge < -0.3 is 14.9 Å². The summed E-state index contributed by atoms with van der Waals surface area (Å²) in [5, 5.41) is 7.48. The van der Waals surface area contributed by atoms with Gasteiger partial charge in [0.15, 0.2) is 0 Å². The van der Waals surface area contributed by atoms with Crippen LogP contribution in [0.3, 0.4) is 0 Å². The highest BCUT2D eigenvalue weighted by Gasteiger charge is 2.13. The first-order valence-electron chi connectivity index (χ1n) is 6.36. The first kappa shape index (κ1) is 13.5. The van der Waals surface area contributed by atoms with E-state index in [0.29, 0.717) is 6.61 Å². The van der Waals surface area contributed by atoms with E-state index in [0.717, 1.165) is 45.4 Å². The van der Waals surface area contributed by atoms with E-state index in [9.17, 15) is 0 Å². The summed E-state index contributed by atoms with van der Waals surface area (Å²) in [4.78, 5) is 5.36. The normalized spacial score (nSPS) is 20.5. The molecule has 0 aliphatic carbocycles. The van der Waals surface area contributed by atoms with Gasteiger partial charge in [0.2, 0.25) is 0 Å². The predicted molar refractivity (Wildman–Crippen MR) is 65.8 cm³/mol. The minimum atomic E-state index is 0.155. The lowest BCUT2D eigenvalue weighted by molar-refractivity contribution is -0.0304. The van der Waals surface area contributed by atoms with Crippen LogP contribution < -0.4 is 5.32 Å². The Balaban J connectivity index is 2.20. The standard InChI is InChI=1S/C12H24N2O2/c1-3-5-11(6-4-2)14-16-10-12-9-13-7-8-15-12/h12-13H,3-10H2,1-2H3. The zero-order valence-electron chi connectivity index (χ0n) is 10.5. The summed E-state index contributed by atoms with van der Waals surface area (Å²) >= 11 is 0. The fourth-order valence-electron chi connectivity index (χ4n) is 1.73. The summed E-state index contributed by atoms with van der Waals surface area (Å²) in [5.41, 5.74) is 1.17. The number of nitrogens with one attached hydrogen (secondary N) is 1. The average Bonchev–Trinajstić information content (AvgIpc) is 2.31. The van der Waals surface area contributed by atoms with Gasteiger partial charge in [-0.3, -0.25) is 0 Å². The Morgan fingerprint density at radius 2 is 2.12 bits per heavy atom. The van der Waals surface area contributed by atoms with Crippen molar-refractivity contribution in [3.05, 3.63) is 0 Å². The molecule has 0 aromatic carbocycles. The second-order valence-electron chi connectivity index (χ2n) is 4.15. The van der Waals surface area contributed by atoms with E-state index in [1.165, 1.54) is 5.71 Å². The van der Waals surface area contributed by atoms with Gasteiger partial charge in [0.1, 0.15) is 12.7 Å². The Hall–Kier alpha value is -0.610. The van der Waals surface area contributed by atoms with Crippen molar-refractivity contribution < 1.29 is 9.57 Å². The predicted octanol–water partition coefficient (Wildman–Crippen LogP) is 1.95. The van der Waals surface area contributed by atoms with Crippen LogP contribution in [-0.4, -0.2) is 38.1 Å². The van der Waals surface area contributed by atoms with Gasteiger partial charge in [0, 0.05) is 13.1 Å². The highest BCUT2D eigenvalue weighted by Crippen LogP contribution is 2.03. The van der Waals surface area contributed by atoms with Gasteiger partial charge in [-0.15, -0.1) is 0 Å². The van der Waals surface area contributed by atoms with Crippen LogP contribution in [0.2, 0.25) is 0 Å². The number of hydrogen-bond acceptors (Lipinski definition) is 4. The van der Waals surface area contributed by atoms with Crippen molar-refractivity contribution in [3.63, 3.8) is 0 Å². The first-order valence-corrected chi connectivity index (χ1v) is 6.36. The summed E-state index contributed by atoms with van der Waals surface area (Å²) < 4.78 is 5.52. The van der Waals surface area contributed by atoms with Crippen molar-refractivity contribution in [2.45, 2.75) is 45.6 Å². The van der Waals surface area contributed by atoms with E-state index in [2.05, 4.69) is 24.3 Å². The molecule has 4 heteroatoms. The smallest absolute Gasteiger partial charge is 0.144 e. The minimum absolute atomic E-state index is 0.155. The van der Waals surface area contributed by atoms with Crippen LogP contribution in [0.4, 0.5) is 0 Å². The molecule has 0 bridgehead atoms. The van der Waals surface area contributed by atoms with Crippen LogP contribution in [0.25, 0.3) is 0 Å². The molecule has 1 unspecified atom stereocenters. The fourth-order valence-corrected chi connectivity index (χ4v) is 1.73. The van der Waals surface area contributed by atoms with E-state index in [-0.39, 0.29) is 6.10 Å². The quantitative estimate of drug-likeness (QED) is 0.535. The van der Waals surface area contributed by atoms with Crippen molar-refractivity contribution in [1.82, 2.24) is 5.32 Å². The number of oxime groups is 1. The second-order valence-corrected chi connectivity index (χ2v) is 4.15. The molecular formula is C12H24N2O2. The van der Waals surface area contributed by atoms with Crippen LogP contribution >= 0.6 is 0 Å². The monoisotopic (exact) mass is 228 g/mol. The SMILES string of the molecule is CCCC(CCC)=NOCC1CNCCO1. The van der Waals surface area contributed by atoms with Crippen molar-refractivity contribution in [2.24, 2.45) is 5.16 Å². The molecule has 1 atom stereocenters. The molecule has 0 aromatic rings. The Morgan fingerprint density at radius 3 is 2.69 bits per heavy atom. The molecule has 4 nitrogen and oxygen atoms in total. The summed E-state index contributed by atoms with van der Waals surface area (Å²) in [5.74, 6) is 0. The molecule has 1 N–H and O–H groups in total. The number of nitrogens with zero attached hydrogens (tertiary/aromatic N) is 1. The van der Waals surface area contributed by atoms with E-state index in [4.69, 9.17) is 9.57 Å². The third kappa shape index (κ3) is 5.47. The van der Waals surface area contributed by atoms with Crippen molar-refractivity contribution in [1.29, 1.82) is 0 Å². The Labute approximate surface area is 98.4 Å². The van der Waals surface area contributed by atoms with E-state index in [1.807, 2.05) is 0 Å². The lowest BCUT2D eigenvalue weighted by Gasteiger charge is -2.22. The molecule has 1 rings (SSSR count). The van der Waals surface area contributed by atoms with Crippen molar-refractivity contribution in [2.75, 3.05) is 26.3 Å². The topological polar surface area (TPSA) is 42.8 Å². The summed E-state index contributed by atoms with van der Waals surface area (Å²) in [6.45, 7) is 7.47. The van der Waals surface area contributed by atoms with Crippen LogP contribution in [-0.2, 0) is 9.57 Å². The summed E-state index contributed by atoms with van der Waals surface area (Å²) in [7, 11) is 0. The third-order valence-corrected chi connectivity index (χ3v) is 2.54. The molecule has 1 fully saturated rings. The zero-order valence-corrected chi connectivity index (χ0v) is 10.5. The van der Waals surface area contributed by atoms with Crippen molar-refractivity contribution in [3.8, 4) is 0 Å². The van der Waals surface area contributed by atoms with Crippen molar-refractivity contribution >= 4 is 5.71 Å². The second kappa shape index (κ2) is 8.53. The van der Waals surface area contributed by atoms with Gasteiger partial charge in [-0.25, -0.2) is 0 Å². The molecule has 0 saturated carbocycles. The Bertz CT molecular complexity index is 193. The summed E-state index contributed by atoms with van der Waals surface area (Å²) in [6.07, 6.45) is 4.49. The number of ether oxygens (including phenoxy) is 1. The Kier molecular flexibility index (Phi) is 7.17. The van der Waals surface area contributed by atoms with Crippen LogP contribution in [0, 0.1) is 0 Å². The highest BCUT2D eigenvalue weighted by molar-refractivity contribution is 5.83. The summed E-state index contributed by atoms with van der Waals surface area (Å²) in [6, 6.07) is 0. The zero-order chi connectivity index (χ0) is 11.6. The number of hydrogen-bond donors (Lipinski definition) is 1. The molecule has 1 aliphatic rings. The molecule has 1 heterocycles. The fraction of sp³-hybridized carbons (Fsp3) is 0.917. The highest BCUT2D eigenvalue weighted by atomic mass is 16.6. The molecule has 0 spiro atoms. The molecule has 0 amide bonds. The number of morpholine rings is 1. The molecule has 0 aromatic heterocycles. The van der Waals surface area contributed by atoms with Crippen LogP contribution in [0.15, 0.2) is 5.16 Å². The van der Waals surface area contributed by atoms with Crippen LogP contribution in [0.1, 0.15) is 39.5 Å². The first-order chi connectivity index (χ1) is 7.86. The Morgan fingerprint density at radius 1 is 1.38 bits per heavy atom. The van der Waals surface area contributed by atoms with Crippen LogP contribution in [0.5, 0.6) is 0 Å². The minimum Gasteiger partial charge on any atom is -0.393 e. The van der Waals surface area contributed by atoms with E-state index in [1.54, 1.807) is 0 Å². The molecule has 94 valence electrons. The lowest BCUT2D eigenvalue weighted by Crippen LogP contribution is -2.40. The van der Waals surface area contributed by atoms with Gasteiger partial charge in [-0.05, 0) is 12.8 Å². The molecule has 0 radical (unpaired) electrons. The van der Waals surface area contributed by atoms with Gasteiger partial charge in [0.05, 0.1) is 12.3 Å². The molecule has 1 saturated heterocycles. The molecular weight excluding hydrogens is 204 g/mol. The van der Waals surface area contributed by atoms with Gasteiger partial charge in [-0.1, -0.05) is 31.8 Å².